The summed E-state index contributed by atoms with van der Waals surface area (Å²) in [7, 11) is 3.58. The summed E-state index contributed by atoms with van der Waals surface area (Å²) < 4.78 is 5.26. The van der Waals surface area contributed by atoms with Crippen molar-refractivity contribution in [2.75, 3.05) is 19.5 Å². The first kappa shape index (κ1) is 11.9. The molecule has 0 amide bonds. The molecule has 0 saturated carbocycles. The zero-order valence-electron chi connectivity index (χ0n) is 10.5. The van der Waals surface area contributed by atoms with Gasteiger partial charge in [-0.3, -0.25) is 0 Å². The van der Waals surface area contributed by atoms with Crippen LogP contribution >= 0.6 is 11.3 Å². The van der Waals surface area contributed by atoms with Crippen LogP contribution in [-0.4, -0.2) is 19.1 Å². The van der Waals surface area contributed by atoms with Crippen molar-refractivity contribution in [1.29, 1.82) is 0 Å². The fraction of sp³-hybridized carbons (Fsp3) is 0.308. The third kappa shape index (κ3) is 2.26. The Hall–Kier alpha value is -1.55. The zero-order chi connectivity index (χ0) is 12.4. The molecule has 4 heteroatoms. The minimum atomic E-state index is 0.896. The van der Waals surface area contributed by atoms with E-state index in [0.717, 1.165) is 16.6 Å². The van der Waals surface area contributed by atoms with Gasteiger partial charge in [0.25, 0.3) is 0 Å². The number of nitrogens with zero attached hydrogens (tertiary/aromatic N) is 1. The lowest BCUT2D eigenvalue weighted by molar-refractivity contribution is 0.414. The van der Waals surface area contributed by atoms with Gasteiger partial charge in [-0.2, -0.15) is 0 Å². The number of aryl methyl sites for hydroxylation is 2. The van der Waals surface area contributed by atoms with Gasteiger partial charge in [0.1, 0.15) is 5.75 Å². The van der Waals surface area contributed by atoms with Crippen molar-refractivity contribution >= 4 is 16.5 Å². The quantitative estimate of drug-likeness (QED) is 0.903. The number of hydrogen-bond acceptors (Lipinski definition) is 4. The molecule has 0 aliphatic rings. The Kier molecular flexibility index (Phi) is 3.33. The molecule has 0 fully saturated rings. The molecule has 3 nitrogen and oxygen atoms in total. The van der Waals surface area contributed by atoms with Gasteiger partial charge in [-0.05, 0) is 37.1 Å². The standard InChI is InChI=1S/C13H16N2OS/c1-8-5-10(16-4)6-9(2)12(8)11-7-17-13(14-3)15-11/h5-7H,1-4H3,(H,14,15). The van der Waals surface area contributed by atoms with Crippen molar-refractivity contribution in [1.82, 2.24) is 4.98 Å². The second-order valence-corrected chi connectivity index (χ2v) is 4.78. The van der Waals surface area contributed by atoms with E-state index in [0.29, 0.717) is 0 Å². The van der Waals surface area contributed by atoms with E-state index in [2.05, 4.69) is 29.5 Å². The predicted octanol–water partition coefficient (Wildman–Crippen LogP) is 3.48. The first-order valence-electron chi connectivity index (χ1n) is 5.44. The van der Waals surface area contributed by atoms with Crippen molar-refractivity contribution in [3.63, 3.8) is 0 Å². The summed E-state index contributed by atoms with van der Waals surface area (Å²) >= 11 is 1.62. The van der Waals surface area contributed by atoms with E-state index >= 15 is 0 Å². The van der Waals surface area contributed by atoms with E-state index in [-0.39, 0.29) is 0 Å². The van der Waals surface area contributed by atoms with Gasteiger partial charge < -0.3 is 10.1 Å². The molecule has 1 aromatic heterocycles. The molecule has 1 aromatic carbocycles. The maximum Gasteiger partial charge on any atom is 0.182 e. The van der Waals surface area contributed by atoms with Gasteiger partial charge in [-0.1, -0.05) is 0 Å². The second-order valence-electron chi connectivity index (χ2n) is 3.92. The van der Waals surface area contributed by atoms with E-state index in [9.17, 15) is 0 Å². The first-order chi connectivity index (χ1) is 8.15. The monoisotopic (exact) mass is 248 g/mol. The molecule has 2 aromatic rings. The van der Waals surface area contributed by atoms with Crippen LogP contribution in [0.3, 0.4) is 0 Å². The summed E-state index contributed by atoms with van der Waals surface area (Å²) in [5.74, 6) is 0.896. The number of anilines is 1. The van der Waals surface area contributed by atoms with Crippen molar-refractivity contribution in [3.8, 4) is 17.0 Å². The Bertz CT molecular complexity index is 511. The normalized spacial score (nSPS) is 10.4. The van der Waals surface area contributed by atoms with Crippen LogP contribution in [0.1, 0.15) is 11.1 Å². The zero-order valence-corrected chi connectivity index (χ0v) is 11.3. The van der Waals surface area contributed by atoms with Crippen LogP contribution in [0.5, 0.6) is 5.75 Å². The molecule has 0 spiro atoms. The number of nitrogens with one attached hydrogen (secondary N) is 1. The first-order valence-corrected chi connectivity index (χ1v) is 6.32. The predicted molar refractivity (Wildman–Crippen MR) is 73.1 cm³/mol. The average Bonchev–Trinajstić information content (AvgIpc) is 2.76. The molecular weight excluding hydrogens is 232 g/mol. The fourth-order valence-corrected chi connectivity index (χ4v) is 2.61. The van der Waals surface area contributed by atoms with Crippen molar-refractivity contribution in [2.45, 2.75) is 13.8 Å². The number of ether oxygens (including phenoxy) is 1. The molecule has 0 atom stereocenters. The number of thiazole rings is 1. The number of aromatic nitrogens is 1. The molecule has 2 rings (SSSR count). The number of hydrogen-bond donors (Lipinski definition) is 1. The van der Waals surface area contributed by atoms with Crippen LogP contribution in [0.4, 0.5) is 5.13 Å². The van der Waals surface area contributed by atoms with Crippen molar-refractivity contribution < 1.29 is 4.74 Å². The number of benzene rings is 1. The van der Waals surface area contributed by atoms with Crippen LogP contribution < -0.4 is 10.1 Å². The molecule has 0 bridgehead atoms. The van der Waals surface area contributed by atoms with Gasteiger partial charge in [0, 0.05) is 18.0 Å². The lowest BCUT2D eigenvalue weighted by atomic mass is 10.0. The highest BCUT2D eigenvalue weighted by Crippen LogP contribution is 2.32. The topological polar surface area (TPSA) is 34.2 Å². The lowest BCUT2D eigenvalue weighted by Gasteiger charge is -2.10. The van der Waals surface area contributed by atoms with E-state index in [1.807, 2.05) is 19.2 Å². The Morgan fingerprint density at radius 3 is 2.35 bits per heavy atom. The van der Waals surface area contributed by atoms with Crippen LogP contribution in [0.15, 0.2) is 17.5 Å². The van der Waals surface area contributed by atoms with E-state index < -0.39 is 0 Å². The van der Waals surface area contributed by atoms with Crippen LogP contribution in [0.2, 0.25) is 0 Å². The fourth-order valence-electron chi connectivity index (χ4n) is 1.95. The molecule has 0 saturated heterocycles. The molecule has 1 N–H and O–H groups in total. The molecular formula is C13H16N2OS. The van der Waals surface area contributed by atoms with Gasteiger partial charge in [-0.25, -0.2) is 4.98 Å². The third-order valence-corrected chi connectivity index (χ3v) is 3.58. The Morgan fingerprint density at radius 1 is 1.24 bits per heavy atom. The van der Waals surface area contributed by atoms with Gasteiger partial charge in [0.15, 0.2) is 5.13 Å². The van der Waals surface area contributed by atoms with Crippen molar-refractivity contribution in [3.05, 3.63) is 28.6 Å². The molecule has 90 valence electrons. The molecule has 17 heavy (non-hydrogen) atoms. The highest BCUT2D eigenvalue weighted by molar-refractivity contribution is 7.14. The largest absolute Gasteiger partial charge is 0.497 e. The minimum Gasteiger partial charge on any atom is -0.497 e. The van der Waals surface area contributed by atoms with Crippen LogP contribution in [-0.2, 0) is 0 Å². The SMILES string of the molecule is CNc1nc(-c2c(C)cc(OC)cc2C)cs1. The molecule has 0 radical (unpaired) electrons. The van der Waals surface area contributed by atoms with Crippen LogP contribution in [0.25, 0.3) is 11.3 Å². The Morgan fingerprint density at radius 2 is 1.88 bits per heavy atom. The Labute approximate surface area is 105 Å². The van der Waals surface area contributed by atoms with E-state index in [4.69, 9.17) is 4.74 Å². The second kappa shape index (κ2) is 4.75. The highest BCUT2D eigenvalue weighted by Gasteiger charge is 2.11. The van der Waals surface area contributed by atoms with Gasteiger partial charge in [-0.15, -0.1) is 11.3 Å². The highest BCUT2D eigenvalue weighted by atomic mass is 32.1. The minimum absolute atomic E-state index is 0.896. The molecule has 0 aliphatic heterocycles. The molecule has 1 heterocycles. The summed E-state index contributed by atoms with van der Waals surface area (Å²) in [5.41, 5.74) is 4.60. The van der Waals surface area contributed by atoms with Crippen molar-refractivity contribution in [2.24, 2.45) is 0 Å². The van der Waals surface area contributed by atoms with E-state index in [1.54, 1.807) is 18.4 Å². The maximum atomic E-state index is 5.26. The summed E-state index contributed by atoms with van der Waals surface area (Å²) in [6.45, 7) is 4.17. The molecule has 0 unspecified atom stereocenters. The third-order valence-electron chi connectivity index (χ3n) is 2.72. The van der Waals surface area contributed by atoms with Gasteiger partial charge in [0.2, 0.25) is 0 Å². The summed E-state index contributed by atoms with van der Waals surface area (Å²) in [4.78, 5) is 4.54. The van der Waals surface area contributed by atoms with E-state index in [1.165, 1.54) is 16.7 Å². The smallest absolute Gasteiger partial charge is 0.182 e. The summed E-state index contributed by atoms with van der Waals surface area (Å²) in [6.07, 6.45) is 0. The average molecular weight is 248 g/mol. The number of methoxy groups -OCH3 is 1. The van der Waals surface area contributed by atoms with Gasteiger partial charge in [0.05, 0.1) is 12.8 Å². The number of rotatable bonds is 3. The summed E-state index contributed by atoms with van der Waals surface area (Å²) in [6, 6.07) is 4.08. The molecule has 0 aliphatic carbocycles. The van der Waals surface area contributed by atoms with Gasteiger partial charge >= 0.3 is 0 Å². The maximum absolute atomic E-state index is 5.26. The lowest BCUT2D eigenvalue weighted by Crippen LogP contribution is -1.92. The summed E-state index contributed by atoms with van der Waals surface area (Å²) in [5, 5.41) is 6.08. The van der Waals surface area contributed by atoms with Crippen LogP contribution in [0, 0.1) is 13.8 Å². The Balaban J connectivity index is 2.51.